The first-order valence-electron chi connectivity index (χ1n) is 8.05. The van der Waals surface area contributed by atoms with E-state index in [0.29, 0.717) is 18.2 Å². The van der Waals surface area contributed by atoms with Crippen molar-refractivity contribution in [1.82, 2.24) is 15.3 Å². The van der Waals surface area contributed by atoms with Crippen molar-refractivity contribution in [3.63, 3.8) is 0 Å². The summed E-state index contributed by atoms with van der Waals surface area (Å²) in [7, 11) is 0. The number of aromatic nitrogens is 2. The number of piperazine rings is 1. The summed E-state index contributed by atoms with van der Waals surface area (Å²) >= 11 is 0. The third-order valence-electron chi connectivity index (χ3n) is 3.97. The second kappa shape index (κ2) is 7.59. The van der Waals surface area contributed by atoms with Crippen LogP contribution in [0.2, 0.25) is 0 Å². The Kier molecular flexibility index (Phi) is 5.05. The van der Waals surface area contributed by atoms with Gasteiger partial charge in [-0.3, -0.25) is 4.79 Å². The lowest BCUT2D eigenvalue weighted by molar-refractivity contribution is 0.0953. The van der Waals surface area contributed by atoms with E-state index in [9.17, 15) is 4.79 Å². The van der Waals surface area contributed by atoms with Crippen molar-refractivity contribution in [2.45, 2.75) is 0 Å². The Bertz CT molecular complexity index is 696. The maximum absolute atomic E-state index is 12.0. The van der Waals surface area contributed by atoms with Gasteiger partial charge in [0, 0.05) is 44.6 Å². The molecule has 1 amide bonds. The molecule has 0 spiro atoms. The molecule has 6 heteroatoms. The predicted molar refractivity (Wildman–Crippen MR) is 95.4 cm³/mol. The van der Waals surface area contributed by atoms with Gasteiger partial charge in [0.25, 0.3) is 5.91 Å². The predicted octanol–water partition coefficient (Wildman–Crippen LogP) is 1.72. The maximum Gasteiger partial charge on any atom is 0.270 e. The molecule has 1 aliphatic heterocycles. The lowest BCUT2D eigenvalue weighted by atomic mass is 10.2. The van der Waals surface area contributed by atoms with Gasteiger partial charge in [-0.15, -0.1) is 6.58 Å². The molecule has 1 aromatic carbocycles. The molecule has 0 radical (unpaired) electrons. The van der Waals surface area contributed by atoms with Crippen LogP contribution in [0.25, 0.3) is 0 Å². The van der Waals surface area contributed by atoms with Crippen LogP contribution in [0, 0.1) is 0 Å². The Morgan fingerprint density at radius 3 is 2.54 bits per heavy atom. The van der Waals surface area contributed by atoms with Crippen molar-refractivity contribution >= 4 is 17.5 Å². The van der Waals surface area contributed by atoms with Crippen LogP contribution in [0.3, 0.4) is 0 Å². The second-order valence-electron chi connectivity index (χ2n) is 5.55. The highest BCUT2D eigenvalue weighted by Crippen LogP contribution is 2.17. The average molecular weight is 323 g/mol. The molecule has 6 nitrogen and oxygen atoms in total. The summed E-state index contributed by atoms with van der Waals surface area (Å²) in [4.78, 5) is 25.2. The van der Waals surface area contributed by atoms with Crippen LogP contribution in [-0.4, -0.2) is 48.6 Å². The Balaban J connectivity index is 1.64. The standard InChI is InChI=1S/C18H21N5O/c1-2-9-19-17(24)16-8-10-20-18(21-16)23-13-11-22(12-14-23)15-6-4-3-5-7-15/h2-8,10H,1,9,11-14H2,(H,19,24). The minimum absolute atomic E-state index is 0.207. The molecular formula is C18H21N5O. The number of carbonyl (C=O) groups is 1. The van der Waals surface area contributed by atoms with Gasteiger partial charge in [-0.1, -0.05) is 24.3 Å². The van der Waals surface area contributed by atoms with Gasteiger partial charge < -0.3 is 15.1 Å². The first-order valence-corrected chi connectivity index (χ1v) is 8.05. The fourth-order valence-electron chi connectivity index (χ4n) is 2.69. The number of carbonyl (C=O) groups excluding carboxylic acids is 1. The van der Waals surface area contributed by atoms with Crippen molar-refractivity contribution in [2.75, 3.05) is 42.5 Å². The van der Waals surface area contributed by atoms with Crippen LogP contribution >= 0.6 is 0 Å². The van der Waals surface area contributed by atoms with Crippen LogP contribution in [-0.2, 0) is 0 Å². The lowest BCUT2D eigenvalue weighted by Gasteiger charge is -2.36. The quantitative estimate of drug-likeness (QED) is 0.849. The number of hydrogen-bond acceptors (Lipinski definition) is 5. The number of hydrogen-bond donors (Lipinski definition) is 1. The molecule has 124 valence electrons. The fraction of sp³-hybridized carbons (Fsp3) is 0.278. The SMILES string of the molecule is C=CCNC(=O)c1ccnc(N2CCN(c3ccccc3)CC2)n1. The molecule has 0 bridgehead atoms. The van der Waals surface area contributed by atoms with Gasteiger partial charge in [-0.05, 0) is 18.2 Å². The van der Waals surface area contributed by atoms with Gasteiger partial charge >= 0.3 is 0 Å². The largest absolute Gasteiger partial charge is 0.368 e. The van der Waals surface area contributed by atoms with Gasteiger partial charge in [0.15, 0.2) is 0 Å². The van der Waals surface area contributed by atoms with Crippen molar-refractivity contribution in [3.05, 3.63) is 60.9 Å². The third-order valence-corrected chi connectivity index (χ3v) is 3.97. The molecular weight excluding hydrogens is 302 g/mol. The third kappa shape index (κ3) is 3.71. The second-order valence-corrected chi connectivity index (χ2v) is 5.55. The van der Waals surface area contributed by atoms with Crippen LogP contribution < -0.4 is 15.1 Å². The summed E-state index contributed by atoms with van der Waals surface area (Å²) in [6.07, 6.45) is 3.28. The summed E-state index contributed by atoms with van der Waals surface area (Å²) < 4.78 is 0. The van der Waals surface area contributed by atoms with E-state index >= 15 is 0 Å². The van der Waals surface area contributed by atoms with Crippen LogP contribution in [0.15, 0.2) is 55.3 Å². The molecule has 1 saturated heterocycles. The zero-order valence-electron chi connectivity index (χ0n) is 13.6. The number of amides is 1. The van der Waals surface area contributed by atoms with E-state index < -0.39 is 0 Å². The van der Waals surface area contributed by atoms with E-state index in [1.807, 2.05) is 6.07 Å². The summed E-state index contributed by atoms with van der Waals surface area (Å²) in [6, 6.07) is 12.0. The first-order chi connectivity index (χ1) is 11.8. The molecule has 1 fully saturated rings. The number of rotatable bonds is 5. The van der Waals surface area contributed by atoms with E-state index in [1.54, 1.807) is 18.3 Å². The Labute approximate surface area is 141 Å². The van der Waals surface area contributed by atoms with E-state index in [0.717, 1.165) is 26.2 Å². The highest BCUT2D eigenvalue weighted by Gasteiger charge is 2.20. The van der Waals surface area contributed by atoms with Gasteiger partial charge in [0.2, 0.25) is 5.95 Å². The highest BCUT2D eigenvalue weighted by molar-refractivity contribution is 5.92. The number of anilines is 2. The normalized spacial score (nSPS) is 14.3. The van der Waals surface area contributed by atoms with Crippen LogP contribution in [0.4, 0.5) is 11.6 Å². The van der Waals surface area contributed by atoms with E-state index in [4.69, 9.17) is 0 Å². The van der Waals surface area contributed by atoms with Crippen molar-refractivity contribution < 1.29 is 4.79 Å². The zero-order valence-corrected chi connectivity index (χ0v) is 13.6. The molecule has 2 aromatic rings. The monoisotopic (exact) mass is 323 g/mol. The Hall–Kier alpha value is -2.89. The minimum atomic E-state index is -0.207. The molecule has 0 aliphatic carbocycles. The topological polar surface area (TPSA) is 61.4 Å². The molecule has 1 aliphatic rings. The minimum Gasteiger partial charge on any atom is -0.368 e. The number of benzene rings is 1. The molecule has 0 unspecified atom stereocenters. The molecule has 24 heavy (non-hydrogen) atoms. The van der Waals surface area contributed by atoms with Crippen LogP contribution in [0.1, 0.15) is 10.5 Å². The molecule has 1 aromatic heterocycles. The van der Waals surface area contributed by atoms with E-state index in [-0.39, 0.29) is 5.91 Å². The fourth-order valence-corrected chi connectivity index (χ4v) is 2.69. The maximum atomic E-state index is 12.0. The van der Waals surface area contributed by atoms with Gasteiger partial charge in [0.05, 0.1) is 0 Å². The van der Waals surface area contributed by atoms with Crippen molar-refractivity contribution in [1.29, 1.82) is 0 Å². The number of nitrogens with one attached hydrogen (secondary N) is 1. The van der Waals surface area contributed by atoms with Gasteiger partial charge in [0.1, 0.15) is 5.69 Å². The van der Waals surface area contributed by atoms with Gasteiger partial charge in [-0.2, -0.15) is 0 Å². The molecule has 2 heterocycles. The Morgan fingerprint density at radius 2 is 1.83 bits per heavy atom. The number of nitrogens with zero attached hydrogens (tertiary/aromatic N) is 4. The average Bonchev–Trinajstić information content (AvgIpc) is 2.67. The molecule has 0 saturated carbocycles. The van der Waals surface area contributed by atoms with Crippen molar-refractivity contribution in [3.8, 4) is 0 Å². The Morgan fingerprint density at radius 1 is 1.12 bits per heavy atom. The van der Waals surface area contributed by atoms with Gasteiger partial charge in [-0.25, -0.2) is 9.97 Å². The molecule has 1 N–H and O–H groups in total. The smallest absolute Gasteiger partial charge is 0.270 e. The van der Waals surface area contributed by atoms with Crippen LogP contribution in [0.5, 0.6) is 0 Å². The lowest BCUT2D eigenvalue weighted by Crippen LogP contribution is -2.47. The van der Waals surface area contributed by atoms with E-state index in [1.165, 1.54) is 5.69 Å². The zero-order chi connectivity index (χ0) is 16.8. The summed E-state index contributed by atoms with van der Waals surface area (Å²) in [6.45, 7) is 7.47. The molecule has 0 atom stereocenters. The summed E-state index contributed by atoms with van der Waals surface area (Å²) in [5, 5.41) is 2.73. The summed E-state index contributed by atoms with van der Waals surface area (Å²) in [5.41, 5.74) is 1.61. The van der Waals surface area contributed by atoms with E-state index in [2.05, 4.69) is 55.9 Å². The summed E-state index contributed by atoms with van der Waals surface area (Å²) in [5.74, 6) is 0.399. The first kappa shape index (κ1) is 16.0. The highest BCUT2D eigenvalue weighted by atomic mass is 16.1. The van der Waals surface area contributed by atoms with Crippen molar-refractivity contribution in [2.24, 2.45) is 0 Å². The molecule has 3 rings (SSSR count). The number of para-hydroxylation sites is 1.